The third kappa shape index (κ3) is 24.7. The van der Waals surface area contributed by atoms with Crippen LogP contribution in [0.4, 0.5) is 0 Å². The van der Waals surface area contributed by atoms with Crippen LogP contribution in [0, 0.1) is 0 Å². The first kappa shape index (κ1) is 17.0. The topological polar surface area (TPSA) is 18.5 Å². The van der Waals surface area contributed by atoms with E-state index >= 15 is 0 Å². The van der Waals surface area contributed by atoms with Crippen LogP contribution in [0.2, 0.25) is 0 Å². The van der Waals surface area contributed by atoms with E-state index in [2.05, 4.69) is 27.7 Å². The summed E-state index contributed by atoms with van der Waals surface area (Å²) in [5.41, 5.74) is 0. The van der Waals surface area contributed by atoms with Crippen molar-refractivity contribution in [2.45, 2.75) is 13.8 Å². The molecule has 0 atom stereocenters. The molecular formula is C12H28NO2+. The Morgan fingerprint density at radius 1 is 1.07 bits per heavy atom. The van der Waals surface area contributed by atoms with Crippen molar-refractivity contribution in [3.63, 3.8) is 0 Å². The lowest BCUT2D eigenvalue weighted by Crippen LogP contribution is -2.37. The van der Waals surface area contributed by atoms with Crippen molar-refractivity contribution in [1.82, 2.24) is 0 Å². The van der Waals surface area contributed by atoms with Gasteiger partial charge in [0.2, 0.25) is 0 Å². The summed E-state index contributed by atoms with van der Waals surface area (Å²) >= 11 is 0. The minimum absolute atomic E-state index is 0.716. The fourth-order valence-corrected chi connectivity index (χ4v) is 0.703. The van der Waals surface area contributed by atoms with Crippen molar-refractivity contribution in [2.75, 3.05) is 54.1 Å². The number of rotatable bonds is 7. The molecule has 15 heavy (non-hydrogen) atoms. The van der Waals surface area contributed by atoms with E-state index in [4.69, 9.17) is 9.47 Å². The van der Waals surface area contributed by atoms with Gasteiger partial charge in [-0.3, -0.25) is 0 Å². The molecule has 0 unspecified atom stereocenters. The average molecular weight is 218 g/mol. The molecule has 0 bridgehead atoms. The molecule has 3 heteroatoms. The van der Waals surface area contributed by atoms with Crippen LogP contribution in [0.5, 0.6) is 0 Å². The molecule has 0 aliphatic carbocycles. The zero-order chi connectivity index (χ0) is 12.2. The summed E-state index contributed by atoms with van der Waals surface area (Å²) in [6.07, 6.45) is 1.75. The standard InChI is InChI=1S/C9H22NO2.C3H6/c1-5-11-8-9-12-7-6-10(2,3)4;1-3-2/h5-9H2,1-4H3;3H,1H2,2H3/q+1;. The first-order valence-electron chi connectivity index (χ1n) is 5.51. The van der Waals surface area contributed by atoms with Crippen LogP contribution in [0.1, 0.15) is 13.8 Å². The number of quaternary nitrogens is 1. The molecular weight excluding hydrogens is 190 g/mol. The van der Waals surface area contributed by atoms with Gasteiger partial charge in [0.05, 0.1) is 41.0 Å². The van der Waals surface area contributed by atoms with E-state index in [1.165, 1.54) is 0 Å². The maximum Gasteiger partial charge on any atom is 0.102 e. The van der Waals surface area contributed by atoms with E-state index in [-0.39, 0.29) is 0 Å². The minimum Gasteiger partial charge on any atom is -0.379 e. The Morgan fingerprint density at radius 3 is 1.93 bits per heavy atom. The number of nitrogens with zero attached hydrogens (tertiary/aromatic N) is 1. The number of likely N-dealkylation sites (N-methyl/N-ethyl adjacent to an activating group) is 1. The number of hydrogen-bond donors (Lipinski definition) is 0. The molecule has 0 saturated carbocycles. The summed E-state index contributed by atoms with van der Waals surface area (Å²) in [4.78, 5) is 0. The monoisotopic (exact) mass is 218 g/mol. The molecule has 0 saturated heterocycles. The van der Waals surface area contributed by atoms with Crippen LogP contribution in [0.15, 0.2) is 12.7 Å². The molecule has 0 rings (SSSR count). The Kier molecular flexibility index (Phi) is 13.3. The highest BCUT2D eigenvalue weighted by Crippen LogP contribution is 1.89. The summed E-state index contributed by atoms with van der Waals surface area (Å²) in [6.45, 7) is 11.3. The summed E-state index contributed by atoms with van der Waals surface area (Å²) < 4.78 is 11.5. The molecule has 0 aromatic heterocycles. The predicted octanol–water partition coefficient (Wildman–Crippen LogP) is 1.94. The van der Waals surface area contributed by atoms with E-state index in [0.29, 0.717) is 13.2 Å². The van der Waals surface area contributed by atoms with Crippen molar-refractivity contribution in [3.05, 3.63) is 12.7 Å². The summed E-state index contributed by atoms with van der Waals surface area (Å²) in [6, 6.07) is 0. The van der Waals surface area contributed by atoms with Gasteiger partial charge in [0.15, 0.2) is 0 Å². The van der Waals surface area contributed by atoms with Gasteiger partial charge in [0.1, 0.15) is 6.54 Å². The van der Waals surface area contributed by atoms with E-state index < -0.39 is 0 Å². The minimum atomic E-state index is 0.716. The first-order valence-corrected chi connectivity index (χ1v) is 5.51. The van der Waals surface area contributed by atoms with Gasteiger partial charge in [-0.25, -0.2) is 0 Å². The summed E-state index contributed by atoms with van der Waals surface area (Å²) in [7, 11) is 6.48. The van der Waals surface area contributed by atoms with Gasteiger partial charge < -0.3 is 14.0 Å². The Balaban J connectivity index is 0. The van der Waals surface area contributed by atoms with Gasteiger partial charge in [-0.15, -0.1) is 6.58 Å². The second-order valence-corrected chi connectivity index (χ2v) is 4.23. The molecule has 0 N–H and O–H groups in total. The zero-order valence-electron chi connectivity index (χ0n) is 11.1. The lowest BCUT2D eigenvalue weighted by atomic mass is 10.5. The highest BCUT2D eigenvalue weighted by molar-refractivity contribution is 4.51. The van der Waals surface area contributed by atoms with Crippen LogP contribution in [-0.2, 0) is 9.47 Å². The second kappa shape index (κ2) is 11.7. The van der Waals surface area contributed by atoms with Crippen molar-refractivity contribution in [1.29, 1.82) is 0 Å². The summed E-state index contributed by atoms with van der Waals surface area (Å²) in [5.74, 6) is 0. The maximum absolute atomic E-state index is 5.37. The molecule has 0 fully saturated rings. The van der Waals surface area contributed by atoms with Crippen LogP contribution in [0.3, 0.4) is 0 Å². The Labute approximate surface area is 95.3 Å². The van der Waals surface area contributed by atoms with E-state index in [0.717, 1.165) is 24.2 Å². The highest BCUT2D eigenvalue weighted by atomic mass is 16.5. The fraction of sp³-hybridized carbons (Fsp3) is 0.833. The summed E-state index contributed by atoms with van der Waals surface area (Å²) in [5, 5.41) is 0. The number of allylic oxidation sites excluding steroid dienone is 1. The first-order chi connectivity index (χ1) is 6.97. The van der Waals surface area contributed by atoms with E-state index in [1.54, 1.807) is 6.08 Å². The SMILES string of the molecule is C=CC.CCOCCOCC[N+](C)(C)C. The Morgan fingerprint density at radius 2 is 1.53 bits per heavy atom. The van der Waals surface area contributed by atoms with Crippen LogP contribution < -0.4 is 0 Å². The molecule has 3 nitrogen and oxygen atoms in total. The third-order valence-electron chi connectivity index (χ3n) is 1.48. The molecule has 0 aromatic rings. The molecule has 0 aliphatic rings. The van der Waals surface area contributed by atoms with Crippen molar-refractivity contribution in [3.8, 4) is 0 Å². The second-order valence-electron chi connectivity index (χ2n) is 4.23. The Hall–Kier alpha value is -0.380. The van der Waals surface area contributed by atoms with Gasteiger partial charge in [-0.2, -0.15) is 0 Å². The molecule has 0 aliphatic heterocycles. The van der Waals surface area contributed by atoms with Crippen LogP contribution in [0.25, 0.3) is 0 Å². The van der Waals surface area contributed by atoms with Crippen LogP contribution in [-0.4, -0.2) is 58.6 Å². The van der Waals surface area contributed by atoms with E-state index in [1.807, 2.05) is 13.8 Å². The smallest absolute Gasteiger partial charge is 0.102 e. The highest BCUT2D eigenvalue weighted by Gasteiger charge is 2.04. The lowest BCUT2D eigenvalue weighted by molar-refractivity contribution is -0.870. The van der Waals surface area contributed by atoms with Gasteiger partial charge in [0.25, 0.3) is 0 Å². The lowest BCUT2D eigenvalue weighted by Gasteiger charge is -2.23. The zero-order valence-corrected chi connectivity index (χ0v) is 11.1. The van der Waals surface area contributed by atoms with Gasteiger partial charge in [-0.1, -0.05) is 6.08 Å². The molecule has 0 heterocycles. The number of hydrogen-bond acceptors (Lipinski definition) is 2. The van der Waals surface area contributed by atoms with Crippen molar-refractivity contribution >= 4 is 0 Å². The quantitative estimate of drug-likeness (QED) is 0.369. The van der Waals surface area contributed by atoms with Gasteiger partial charge >= 0.3 is 0 Å². The van der Waals surface area contributed by atoms with Gasteiger partial charge in [0, 0.05) is 6.61 Å². The average Bonchev–Trinajstić information content (AvgIpc) is 2.11. The van der Waals surface area contributed by atoms with Crippen molar-refractivity contribution in [2.24, 2.45) is 0 Å². The molecule has 0 spiro atoms. The fourth-order valence-electron chi connectivity index (χ4n) is 0.703. The number of ether oxygens (including phenoxy) is 2. The third-order valence-corrected chi connectivity index (χ3v) is 1.48. The largest absolute Gasteiger partial charge is 0.379 e. The van der Waals surface area contributed by atoms with E-state index in [9.17, 15) is 0 Å². The molecule has 92 valence electrons. The predicted molar refractivity (Wildman–Crippen MR) is 66.1 cm³/mol. The van der Waals surface area contributed by atoms with Gasteiger partial charge in [-0.05, 0) is 13.8 Å². The normalized spacial score (nSPS) is 10.5. The molecule has 0 amide bonds. The molecule has 0 aromatic carbocycles. The van der Waals surface area contributed by atoms with Crippen LogP contribution >= 0.6 is 0 Å². The van der Waals surface area contributed by atoms with Crippen molar-refractivity contribution < 1.29 is 14.0 Å². The maximum atomic E-state index is 5.37. The Bertz CT molecular complexity index is 130. The molecule has 0 radical (unpaired) electrons.